The van der Waals surface area contributed by atoms with Crippen molar-refractivity contribution in [2.75, 3.05) is 13.2 Å². The van der Waals surface area contributed by atoms with Gasteiger partial charge in [0, 0.05) is 19.2 Å². The van der Waals surface area contributed by atoms with Crippen molar-refractivity contribution in [3.05, 3.63) is 11.9 Å². The summed E-state index contributed by atoms with van der Waals surface area (Å²) < 4.78 is 7.05. The number of aliphatic carboxylic acids is 1. The van der Waals surface area contributed by atoms with E-state index < -0.39 is 12.0 Å². The molecule has 0 aliphatic heterocycles. The molecule has 1 aromatic rings. The van der Waals surface area contributed by atoms with Crippen LogP contribution in [-0.4, -0.2) is 45.3 Å². The molecule has 1 atom stereocenters. The second-order valence-corrected chi connectivity index (χ2v) is 4.59. The largest absolute Gasteiger partial charge is 0.480 e. The van der Waals surface area contributed by atoms with E-state index in [1.165, 1.54) is 0 Å². The predicted molar refractivity (Wildman–Crippen MR) is 65.0 cm³/mol. The van der Waals surface area contributed by atoms with Crippen LogP contribution in [0.3, 0.4) is 0 Å². The molecule has 3 N–H and O–H groups in total. The molecule has 0 spiro atoms. The summed E-state index contributed by atoms with van der Waals surface area (Å²) in [6.07, 6.45) is 1.88. The topological polar surface area (TPSA) is 103 Å². The molecule has 0 fully saturated rings. The van der Waals surface area contributed by atoms with Gasteiger partial charge in [0.2, 0.25) is 0 Å². The lowest BCUT2D eigenvalue weighted by molar-refractivity contribution is -0.138. The maximum atomic E-state index is 10.6. The fourth-order valence-electron chi connectivity index (χ4n) is 1.33. The van der Waals surface area contributed by atoms with Crippen molar-refractivity contribution in [2.24, 2.45) is 11.7 Å². The summed E-state index contributed by atoms with van der Waals surface area (Å²) in [5.74, 6) is -0.533. The average Bonchev–Trinajstić information content (AvgIpc) is 2.72. The summed E-state index contributed by atoms with van der Waals surface area (Å²) in [5.41, 5.74) is 5.99. The van der Waals surface area contributed by atoms with E-state index in [2.05, 4.69) is 24.2 Å². The Morgan fingerprint density at radius 1 is 1.61 bits per heavy atom. The number of carboxylic acids is 1. The van der Waals surface area contributed by atoms with Crippen LogP contribution in [0.2, 0.25) is 0 Å². The Bertz CT molecular complexity index is 378. The number of carboxylic acid groups (broad SMARTS) is 1. The molecule has 0 aliphatic rings. The molecule has 0 saturated carbocycles. The van der Waals surface area contributed by atoms with Gasteiger partial charge in [-0.2, -0.15) is 0 Å². The molecule has 18 heavy (non-hydrogen) atoms. The van der Waals surface area contributed by atoms with E-state index in [0.717, 1.165) is 0 Å². The number of aromatic nitrogens is 3. The Hall–Kier alpha value is -1.47. The normalized spacial score (nSPS) is 12.9. The van der Waals surface area contributed by atoms with Crippen LogP contribution in [0, 0.1) is 5.92 Å². The lowest BCUT2D eigenvalue weighted by atomic mass is 10.2. The van der Waals surface area contributed by atoms with Crippen LogP contribution < -0.4 is 5.73 Å². The lowest BCUT2D eigenvalue weighted by Crippen LogP contribution is -2.32. The molecule has 0 aliphatic carbocycles. The number of hydrogen-bond donors (Lipinski definition) is 2. The Morgan fingerprint density at radius 2 is 2.33 bits per heavy atom. The van der Waals surface area contributed by atoms with E-state index in [1.807, 2.05) is 0 Å². The van der Waals surface area contributed by atoms with Crippen molar-refractivity contribution >= 4 is 5.97 Å². The minimum atomic E-state index is -1.04. The maximum absolute atomic E-state index is 10.6. The molecule has 1 rings (SSSR count). The summed E-state index contributed by atoms with van der Waals surface area (Å²) >= 11 is 0. The van der Waals surface area contributed by atoms with Crippen LogP contribution in [0.15, 0.2) is 6.20 Å². The van der Waals surface area contributed by atoms with Gasteiger partial charge in [-0.15, -0.1) is 5.10 Å². The Balaban J connectivity index is 2.32. The van der Waals surface area contributed by atoms with Gasteiger partial charge in [0.05, 0.1) is 18.8 Å². The smallest absolute Gasteiger partial charge is 0.320 e. The highest BCUT2D eigenvalue weighted by atomic mass is 16.5. The highest BCUT2D eigenvalue weighted by Gasteiger charge is 2.14. The van der Waals surface area contributed by atoms with Crippen LogP contribution in [0.1, 0.15) is 19.5 Å². The number of rotatable bonds is 8. The summed E-state index contributed by atoms with van der Waals surface area (Å²) in [6, 6.07) is -0.938. The van der Waals surface area contributed by atoms with Crippen molar-refractivity contribution in [3.8, 4) is 0 Å². The number of nitrogens with zero attached hydrogens (tertiary/aromatic N) is 3. The van der Waals surface area contributed by atoms with Crippen LogP contribution in [0.5, 0.6) is 0 Å². The first kappa shape index (κ1) is 14.6. The molecule has 0 saturated heterocycles. The third kappa shape index (κ3) is 5.24. The molecule has 1 unspecified atom stereocenters. The molecular formula is C11H20N4O3. The molecule has 102 valence electrons. The molecular weight excluding hydrogens is 236 g/mol. The van der Waals surface area contributed by atoms with Gasteiger partial charge >= 0.3 is 5.97 Å². The summed E-state index contributed by atoms with van der Waals surface area (Å²) in [7, 11) is 0. The van der Waals surface area contributed by atoms with Gasteiger partial charge in [0.1, 0.15) is 6.04 Å². The summed E-state index contributed by atoms with van der Waals surface area (Å²) in [5, 5.41) is 16.4. The van der Waals surface area contributed by atoms with Gasteiger partial charge < -0.3 is 15.6 Å². The molecule has 7 nitrogen and oxygen atoms in total. The Labute approximate surface area is 106 Å². The van der Waals surface area contributed by atoms with Crippen LogP contribution in [-0.2, 0) is 22.5 Å². The van der Waals surface area contributed by atoms with Gasteiger partial charge in [-0.25, -0.2) is 4.68 Å². The fourth-order valence-corrected chi connectivity index (χ4v) is 1.33. The molecule has 0 bridgehead atoms. The molecule has 1 heterocycles. The summed E-state index contributed by atoms with van der Waals surface area (Å²) in [6.45, 7) is 6.04. The van der Waals surface area contributed by atoms with Gasteiger partial charge in [-0.05, 0) is 5.92 Å². The Kier molecular flexibility index (Phi) is 5.73. The maximum Gasteiger partial charge on any atom is 0.320 e. The van der Waals surface area contributed by atoms with Gasteiger partial charge in [-0.1, -0.05) is 19.1 Å². The first-order valence-corrected chi connectivity index (χ1v) is 5.94. The first-order valence-electron chi connectivity index (χ1n) is 5.94. The van der Waals surface area contributed by atoms with E-state index >= 15 is 0 Å². The second-order valence-electron chi connectivity index (χ2n) is 4.59. The SMILES string of the molecule is CC(C)COCCn1cc(CC(N)C(=O)O)nn1. The zero-order valence-electron chi connectivity index (χ0n) is 10.7. The fraction of sp³-hybridized carbons (Fsp3) is 0.727. The number of nitrogens with two attached hydrogens (primary N) is 1. The lowest BCUT2D eigenvalue weighted by Gasteiger charge is -2.06. The standard InChI is InChI=1S/C11H20N4O3/c1-8(2)7-18-4-3-15-6-9(13-14-15)5-10(12)11(16)17/h6,8,10H,3-5,7,12H2,1-2H3,(H,16,17). The molecule has 0 aromatic carbocycles. The predicted octanol–water partition coefficient (Wildman–Crippen LogP) is -0.0949. The van der Waals surface area contributed by atoms with Crippen molar-refractivity contribution in [1.29, 1.82) is 0 Å². The van der Waals surface area contributed by atoms with Crippen molar-refractivity contribution in [2.45, 2.75) is 32.9 Å². The second kappa shape index (κ2) is 7.07. The molecule has 1 aromatic heterocycles. The van der Waals surface area contributed by atoms with E-state index in [-0.39, 0.29) is 6.42 Å². The molecule has 0 amide bonds. The highest BCUT2D eigenvalue weighted by molar-refractivity contribution is 5.73. The monoisotopic (exact) mass is 256 g/mol. The third-order valence-corrected chi connectivity index (χ3v) is 2.25. The minimum absolute atomic E-state index is 0.183. The molecule has 0 radical (unpaired) electrons. The van der Waals surface area contributed by atoms with E-state index in [9.17, 15) is 4.79 Å². The van der Waals surface area contributed by atoms with Crippen LogP contribution in [0.25, 0.3) is 0 Å². The van der Waals surface area contributed by atoms with Crippen LogP contribution >= 0.6 is 0 Å². The number of carbonyl (C=O) groups is 1. The van der Waals surface area contributed by atoms with Crippen LogP contribution in [0.4, 0.5) is 0 Å². The Morgan fingerprint density at radius 3 is 2.94 bits per heavy atom. The van der Waals surface area contributed by atoms with Gasteiger partial charge in [-0.3, -0.25) is 4.79 Å². The third-order valence-electron chi connectivity index (χ3n) is 2.25. The minimum Gasteiger partial charge on any atom is -0.480 e. The van der Waals surface area contributed by atoms with Crippen molar-refractivity contribution in [1.82, 2.24) is 15.0 Å². The van der Waals surface area contributed by atoms with Gasteiger partial charge in [0.25, 0.3) is 0 Å². The van der Waals surface area contributed by atoms with Crippen molar-refractivity contribution in [3.63, 3.8) is 0 Å². The quantitative estimate of drug-likeness (QED) is 0.630. The van der Waals surface area contributed by atoms with E-state index in [0.29, 0.717) is 31.4 Å². The average molecular weight is 256 g/mol. The summed E-state index contributed by atoms with van der Waals surface area (Å²) in [4.78, 5) is 10.6. The zero-order chi connectivity index (χ0) is 13.5. The van der Waals surface area contributed by atoms with E-state index in [1.54, 1.807) is 10.9 Å². The van der Waals surface area contributed by atoms with Crippen molar-refractivity contribution < 1.29 is 14.6 Å². The first-order chi connectivity index (χ1) is 8.49. The molecule has 7 heteroatoms. The number of ether oxygens (including phenoxy) is 1. The number of hydrogen-bond acceptors (Lipinski definition) is 5. The van der Waals surface area contributed by atoms with Gasteiger partial charge in [0.15, 0.2) is 0 Å². The highest BCUT2D eigenvalue weighted by Crippen LogP contribution is 1.98. The zero-order valence-corrected chi connectivity index (χ0v) is 10.7. The van der Waals surface area contributed by atoms with E-state index in [4.69, 9.17) is 15.6 Å².